The van der Waals surface area contributed by atoms with Crippen molar-refractivity contribution in [1.82, 2.24) is 9.80 Å². The number of hydrogen-bond acceptors (Lipinski definition) is 4. The van der Waals surface area contributed by atoms with Gasteiger partial charge in [0.15, 0.2) is 0 Å². The van der Waals surface area contributed by atoms with Gasteiger partial charge in [-0.15, -0.1) is 0 Å². The van der Waals surface area contributed by atoms with E-state index in [4.69, 9.17) is 0 Å². The summed E-state index contributed by atoms with van der Waals surface area (Å²) in [5.41, 5.74) is 0. The van der Waals surface area contributed by atoms with Crippen LogP contribution >= 0.6 is 14.3 Å². The fourth-order valence-corrected chi connectivity index (χ4v) is 4.53. The molecule has 1 aliphatic heterocycles. The molecule has 0 saturated carbocycles. The van der Waals surface area contributed by atoms with Crippen LogP contribution in [0, 0.1) is 0 Å². The van der Waals surface area contributed by atoms with E-state index in [0.29, 0.717) is 0 Å². The number of piperazine rings is 1. The first-order chi connectivity index (χ1) is 7.16. The second kappa shape index (κ2) is 5.35. The Bertz CT molecular complexity index is 281. The molecule has 16 heavy (non-hydrogen) atoms. The molecule has 0 aliphatic carbocycles. The van der Waals surface area contributed by atoms with Gasteiger partial charge in [0.2, 0.25) is 0 Å². The van der Waals surface area contributed by atoms with E-state index in [9.17, 15) is 9.13 Å². The molecule has 0 aromatic carbocycles. The van der Waals surface area contributed by atoms with Crippen LogP contribution in [0.5, 0.6) is 0 Å². The van der Waals surface area contributed by atoms with E-state index in [0.717, 1.165) is 38.8 Å². The lowest BCUT2D eigenvalue weighted by atomic mass is 10.4. The molecule has 0 amide bonds. The molecule has 0 bridgehead atoms. The molecule has 0 radical (unpaired) electrons. The Morgan fingerprint density at radius 3 is 1.19 bits per heavy atom. The Morgan fingerprint density at radius 2 is 1.00 bits per heavy atom. The fourth-order valence-electron chi connectivity index (χ4n) is 2.04. The normalized spacial score (nSPS) is 21.2. The lowest BCUT2D eigenvalue weighted by Gasteiger charge is -2.35. The van der Waals surface area contributed by atoms with Gasteiger partial charge >= 0.3 is 0 Å². The van der Waals surface area contributed by atoms with Crippen molar-refractivity contribution in [3.05, 3.63) is 0 Å². The summed E-state index contributed by atoms with van der Waals surface area (Å²) in [6.07, 6.45) is 1.44. The van der Waals surface area contributed by atoms with E-state index in [2.05, 4.69) is 9.80 Å². The minimum atomic E-state index is -1.94. The molecule has 0 aromatic heterocycles. The van der Waals surface area contributed by atoms with Gasteiger partial charge in [-0.1, -0.05) is 0 Å². The molecular formula is C10H24N2O2P2. The topological polar surface area (TPSA) is 40.6 Å². The highest BCUT2D eigenvalue weighted by molar-refractivity contribution is 7.62. The summed E-state index contributed by atoms with van der Waals surface area (Å²) in [5, 5.41) is 0. The van der Waals surface area contributed by atoms with Crippen molar-refractivity contribution in [3.63, 3.8) is 0 Å². The molecule has 0 spiro atoms. The van der Waals surface area contributed by atoms with Gasteiger partial charge in [0.25, 0.3) is 0 Å². The van der Waals surface area contributed by atoms with Gasteiger partial charge in [-0.3, -0.25) is 9.80 Å². The highest BCUT2D eigenvalue weighted by Crippen LogP contribution is 2.38. The van der Waals surface area contributed by atoms with Crippen LogP contribution in [0.3, 0.4) is 0 Å². The van der Waals surface area contributed by atoms with E-state index in [1.165, 1.54) is 0 Å². The molecule has 1 saturated heterocycles. The summed E-state index contributed by atoms with van der Waals surface area (Å²) in [6, 6.07) is 0. The minimum absolute atomic E-state index is 0.719. The predicted molar refractivity (Wildman–Crippen MR) is 71.8 cm³/mol. The van der Waals surface area contributed by atoms with Gasteiger partial charge in [0.1, 0.15) is 0 Å². The quantitative estimate of drug-likeness (QED) is 0.727. The highest BCUT2D eigenvalue weighted by Gasteiger charge is 2.22. The van der Waals surface area contributed by atoms with Crippen LogP contribution in [-0.4, -0.2) is 75.2 Å². The third-order valence-electron chi connectivity index (χ3n) is 2.55. The Hall–Kier alpha value is 0.380. The Balaban J connectivity index is 2.34. The largest absolute Gasteiger partial charge is 0.323 e. The number of nitrogens with zero attached hydrogens (tertiary/aromatic N) is 2. The number of rotatable bonds is 4. The third-order valence-corrected chi connectivity index (χ3v) is 4.71. The van der Waals surface area contributed by atoms with E-state index in [-0.39, 0.29) is 0 Å². The summed E-state index contributed by atoms with van der Waals surface area (Å²) >= 11 is 0. The first-order valence-electron chi connectivity index (χ1n) is 5.68. The van der Waals surface area contributed by atoms with E-state index >= 15 is 0 Å². The molecule has 1 heterocycles. The zero-order valence-electron chi connectivity index (χ0n) is 10.8. The molecule has 1 rings (SSSR count). The van der Waals surface area contributed by atoms with Crippen molar-refractivity contribution in [2.75, 3.05) is 65.4 Å². The smallest absolute Gasteiger partial charge is 0.0951 e. The monoisotopic (exact) mass is 266 g/mol. The van der Waals surface area contributed by atoms with Crippen LogP contribution in [0.4, 0.5) is 0 Å². The Labute approximate surface area is 99.1 Å². The van der Waals surface area contributed by atoms with Crippen LogP contribution < -0.4 is 0 Å². The van der Waals surface area contributed by atoms with Gasteiger partial charge in [-0.25, -0.2) is 0 Å². The average Bonchev–Trinajstić information content (AvgIpc) is 2.03. The second-order valence-electron chi connectivity index (χ2n) is 5.67. The maximum absolute atomic E-state index is 11.7. The SMILES string of the molecule is CP(C)(=O)CN1CCN(CP(C)(C)=O)CC1. The van der Waals surface area contributed by atoms with Crippen molar-refractivity contribution in [2.45, 2.75) is 0 Å². The fraction of sp³-hybridized carbons (Fsp3) is 1.00. The van der Waals surface area contributed by atoms with Crippen molar-refractivity contribution in [2.24, 2.45) is 0 Å². The molecule has 0 atom stereocenters. The average molecular weight is 266 g/mol. The van der Waals surface area contributed by atoms with E-state index in [1.54, 1.807) is 0 Å². The molecule has 0 unspecified atom stereocenters. The molecule has 4 nitrogen and oxygen atoms in total. The van der Waals surface area contributed by atoms with Crippen LogP contribution in [0.25, 0.3) is 0 Å². The molecule has 0 aromatic rings. The second-order valence-corrected chi connectivity index (χ2v) is 12.5. The van der Waals surface area contributed by atoms with Crippen LogP contribution in [-0.2, 0) is 9.13 Å². The maximum atomic E-state index is 11.7. The Morgan fingerprint density at radius 1 is 0.750 bits per heavy atom. The van der Waals surface area contributed by atoms with Gasteiger partial charge in [-0.2, -0.15) is 0 Å². The van der Waals surface area contributed by atoms with Crippen LogP contribution in [0.1, 0.15) is 0 Å². The van der Waals surface area contributed by atoms with E-state index < -0.39 is 14.3 Å². The lowest BCUT2D eigenvalue weighted by molar-refractivity contribution is 0.164. The predicted octanol–water partition coefficient (Wildman–Crippen LogP) is 1.76. The van der Waals surface area contributed by atoms with Gasteiger partial charge < -0.3 is 9.13 Å². The number of hydrogen-bond donors (Lipinski definition) is 0. The van der Waals surface area contributed by atoms with Crippen molar-refractivity contribution in [3.8, 4) is 0 Å². The first-order valence-corrected chi connectivity index (χ1v) is 11.3. The molecule has 0 N–H and O–H groups in total. The Kier molecular flexibility index (Phi) is 4.83. The van der Waals surface area contributed by atoms with Crippen molar-refractivity contribution in [1.29, 1.82) is 0 Å². The molecule has 6 heteroatoms. The molecule has 1 aliphatic rings. The van der Waals surface area contributed by atoms with Gasteiger partial charge in [0, 0.05) is 26.2 Å². The summed E-state index contributed by atoms with van der Waals surface area (Å²) in [4.78, 5) is 4.51. The summed E-state index contributed by atoms with van der Waals surface area (Å²) < 4.78 is 23.4. The van der Waals surface area contributed by atoms with Crippen LogP contribution in [0.2, 0.25) is 0 Å². The molecule has 1 fully saturated rings. The lowest BCUT2D eigenvalue weighted by Crippen LogP contribution is -2.46. The molecule has 96 valence electrons. The summed E-state index contributed by atoms with van der Waals surface area (Å²) in [7, 11) is -3.88. The molecular weight excluding hydrogens is 242 g/mol. The standard InChI is InChI=1S/C10H24N2O2P2/c1-15(2,13)9-11-5-7-12(8-6-11)10-16(3,4)14/h5-10H2,1-4H3. The van der Waals surface area contributed by atoms with Gasteiger partial charge in [-0.05, 0) is 26.7 Å². The minimum Gasteiger partial charge on any atom is -0.323 e. The van der Waals surface area contributed by atoms with Crippen LogP contribution in [0.15, 0.2) is 0 Å². The maximum Gasteiger partial charge on any atom is 0.0951 e. The highest BCUT2D eigenvalue weighted by atomic mass is 31.2. The van der Waals surface area contributed by atoms with Gasteiger partial charge in [0.05, 0.1) is 26.9 Å². The first kappa shape index (κ1) is 14.4. The summed E-state index contributed by atoms with van der Waals surface area (Å²) in [5.74, 6) is 0. The van der Waals surface area contributed by atoms with E-state index in [1.807, 2.05) is 26.7 Å². The van der Waals surface area contributed by atoms with Crippen molar-refractivity contribution < 1.29 is 9.13 Å². The zero-order chi connectivity index (χ0) is 12.4. The van der Waals surface area contributed by atoms with Crippen molar-refractivity contribution >= 4 is 14.3 Å². The summed E-state index contributed by atoms with van der Waals surface area (Å²) in [6.45, 7) is 11.2. The third kappa shape index (κ3) is 6.20. The zero-order valence-corrected chi connectivity index (χ0v) is 12.6.